The van der Waals surface area contributed by atoms with Crippen molar-refractivity contribution >= 4 is 17.5 Å². The molecule has 33 heavy (non-hydrogen) atoms. The van der Waals surface area contributed by atoms with Crippen LogP contribution in [0.25, 0.3) is 5.69 Å². The minimum atomic E-state index is -1.02. The van der Waals surface area contributed by atoms with E-state index in [4.69, 9.17) is 0 Å². The first kappa shape index (κ1) is 21.3. The summed E-state index contributed by atoms with van der Waals surface area (Å²) in [4.78, 5) is 30.8. The van der Waals surface area contributed by atoms with Crippen molar-refractivity contribution < 1.29 is 14.7 Å². The highest BCUT2D eigenvalue weighted by Gasteiger charge is 2.62. The summed E-state index contributed by atoms with van der Waals surface area (Å²) in [6.07, 6.45) is 1.78. The number of aromatic nitrogens is 3. The van der Waals surface area contributed by atoms with E-state index < -0.39 is 11.5 Å². The fraction of sp³-hybridized carbons (Fsp3) is 0.360. The molecule has 2 aromatic carbocycles. The first-order chi connectivity index (χ1) is 15.9. The average molecular weight is 446 g/mol. The summed E-state index contributed by atoms with van der Waals surface area (Å²) in [5.41, 5.74) is 2.77. The SMILES string of the molecule is CC(C)CN1C(=O)[C@]2(CC(=O)N(C)C2c2ccccc2)c2cc(-n3cc(CO)nn3)ccc21. The van der Waals surface area contributed by atoms with E-state index in [0.717, 1.165) is 22.5 Å². The lowest BCUT2D eigenvalue weighted by Gasteiger charge is -2.33. The molecule has 8 heteroatoms. The molecule has 170 valence electrons. The first-order valence-corrected chi connectivity index (χ1v) is 11.2. The molecule has 1 aromatic heterocycles. The quantitative estimate of drug-likeness (QED) is 0.652. The molecule has 0 radical (unpaired) electrons. The summed E-state index contributed by atoms with van der Waals surface area (Å²) in [7, 11) is 1.78. The van der Waals surface area contributed by atoms with Crippen LogP contribution in [0.1, 0.15) is 43.1 Å². The minimum absolute atomic E-state index is 0.0375. The molecule has 8 nitrogen and oxygen atoms in total. The maximum absolute atomic E-state index is 14.2. The van der Waals surface area contributed by atoms with Gasteiger partial charge in [-0.1, -0.05) is 49.4 Å². The van der Waals surface area contributed by atoms with Gasteiger partial charge in [-0.05, 0) is 35.2 Å². The van der Waals surface area contributed by atoms with Crippen LogP contribution >= 0.6 is 0 Å². The highest BCUT2D eigenvalue weighted by molar-refractivity contribution is 6.12. The van der Waals surface area contributed by atoms with Crippen molar-refractivity contribution in [3.05, 3.63) is 71.5 Å². The predicted molar refractivity (Wildman–Crippen MR) is 123 cm³/mol. The first-order valence-electron chi connectivity index (χ1n) is 11.2. The number of aliphatic hydroxyl groups excluding tert-OH is 1. The van der Waals surface area contributed by atoms with Gasteiger partial charge in [0.2, 0.25) is 11.8 Å². The van der Waals surface area contributed by atoms with E-state index in [9.17, 15) is 14.7 Å². The number of nitrogens with zero attached hydrogens (tertiary/aromatic N) is 5. The van der Waals surface area contributed by atoms with Gasteiger partial charge in [0.25, 0.3) is 0 Å². The van der Waals surface area contributed by atoms with Crippen LogP contribution in [0.15, 0.2) is 54.7 Å². The van der Waals surface area contributed by atoms with Gasteiger partial charge in [0.05, 0.1) is 24.5 Å². The fourth-order valence-corrected chi connectivity index (χ4v) is 5.28. The second kappa shape index (κ2) is 7.81. The van der Waals surface area contributed by atoms with Crippen LogP contribution in [0.4, 0.5) is 5.69 Å². The van der Waals surface area contributed by atoms with Gasteiger partial charge in [0.15, 0.2) is 0 Å². The van der Waals surface area contributed by atoms with Crippen LogP contribution in [0, 0.1) is 5.92 Å². The minimum Gasteiger partial charge on any atom is -0.390 e. The van der Waals surface area contributed by atoms with Crippen molar-refractivity contribution in [2.24, 2.45) is 5.92 Å². The lowest BCUT2D eigenvalue weighted by molar-refractivity contribution is -0.128. The third kappa shape index (κ3) is 3.16. The Hall–Kier alpha value is -3.52. The number of fused-ring (bicyclic) bond motifs is 2. The van der Waals surface area contributed by atoms with Gasteiger partial charge in [-0.15, -0.1) is 5.10 Å². The Kier molecular flexibility index (Phi) is 5.05. The number of carbonyl (C=O) groups excluding carboxylic acids is 2. The normalized spacial score (nSPS) is 22.2. The molecule has 3 aromatic rings. The topological polar surface area (TPSA) is 91.6 Å². The molecule has 5 rings (SSSR count). The molecule has 2 aliphatic heterocycles. The Balaban J connectivity index is 1.73. The molecule has 1 spiro atoms. The summed E-state index contributed by atoms with van der Waals surface area (Å²) in [6.45, 7) is 4.53. The lowest BCUT2D eigenvalue weighted by atomic mass is 9.72. The van der Waals surface area contributed by atoms with Gasteiger partial charge in [-0.25, -0.2) is 4.68 Å². The second-order valence-corrected chi connectivity index (χ2v) is 9.29. The third-order valence-corrected chi connectivity index (χ3v) is 6.69. The molecule has 3 heterocycles. The average Bonchev–Trinajstić information content (AvgIpc) is 3.46. The third-order valence-electron chi connectivity index (χ3n) is 6.69. The Bertz CT molecular complexity index is 1220. The van der Waals surface area contributed by atoms with Gasteiger partial charge < -0.3 is 14.9 Å². The van der Waals surface area contributed by atoms with Gasteiger partial charge in [0.1, 0.15) is 11.1 Å². The maximum Gasteiger partial charge on any atom is 0.240 e. The fourth-order valence-electron chi connectivity index (χ4n) is 5.28. The maximum atomic E-state index is 14.2. The van der Waals surface area contributed by atoms with Gasteiger partial charge in [0, 0.05) is 25.7 Å². The van der Waals surface area contributed by atoms with E-state index in [2.05, 4.69) is 24.2 Å². The Morgan fingerprint density at radius 2 is 1.91 bits per heavy atom. The number of carbonyl (C=O) groups is 2. The van der Waals surface area contributed by atoms with Gasteiger partial charge in [-0.2, -0.15) is 0 Å². The number of amides is 2. The standard InChI is InChI=1S/C25H27N5O3/c1-16(2)13-29-21-10-9-19(30-14-18(15-31)26-27-30)11-20(21)25(24(29)33)12-22(32)28(3)23(25)17-7-5-4-6-8-17/h4-11,14,16,23,31H,12-13,15H2,1-3H3/t23?,25-/m1/s1. The number of benzene rings is 2. The van der Waals surface area contributed by atoms with Crippen LogP contribution < -0.4 is 4.90 Å². The van der Waals surface area contributed by atoms with Gasteiger partial charge >= 0.3 is 0 Å². The Morgan fingerprint density at radius 3 is 2.58 bits per heavy atom. The molecule has 0 bridgehead atoms. The van der Waals surface area contributed by atoms with Crippen molar-refractivity contribution in [3.63, 3.8) is 0 Å². The van der Waals surface area contributed by atoms with Crippen LogP contribution in [0.3, 0.4) is 0 Å². The molecule has 0 saturated carbocycles. The van der Waals surface area contributed by atoms with E-state index in [1.807, 2.05) is 53.4 Å². The monoisotopic (exact) mass is 445 g/mol. The molecule has 2 amide bonds. The van der Waals surface area contributed by atoms with E-state index in [-0.39, 0.29) is 30.8 Å². The zero-order chi connectivity index (χ0) is 23.3. The number of likely N-dealkylation sites (tertiary alicyclic amines) is 1. The largest absolute Gasteiger partial charge is 0.390 e. The molecule has 0 aliphatic carbocycles. The van der Waals surface area contributed by atoms with Crippen molar-refractivity contribution in [2.75, 3.05) is 18.5 Å². The number of rotatable bonds is 5. The van der Waals surface area contributed by atoms with Crippen LogP contribution in [-0.4, -0.2) is 50.4 Å². The summed E-state index contributed by atoms with van der Waals surface area (Å²) in [5.74, 6) is 0.178. The van der Waals surface area contributed by atoms with Crippen LogP contribution in [0.5, 0.6) is 0 Å². The summed E-state index contributed by atoms with van der Waals surface area (Å²) < 4.78 is 1.59. The molecule has 1 fully saturated rings. The summed E-state index contributed by atoms with van der Waals surface area (Å²) in [6, 6.07) is 15.1. The molecule has 1 unspecified atom stereocenters. The zero-order valence-corrected chi connectivity index (χ0v) is 19.0. The lowest BCUT2D eigenvalue weighted by Crippen LogP contribution is -2.45. The molecular weight excluding hydrogens is 418 g/mol. The van der Waals surface area contributed by atoms with Crippen molar-refractivity contribution in [2.45, 2.75) is 38.3 Å². The molecule has 2 aliphatic rings. The molecule has 1 N–H and O–H groups in total. The number of aliphatic hydroxyl groups is 1. The highest BCUT2D eigenvalue weighted by atomic mass is 16.3. The van der Waals surface area contributed by atoms with Crippen molar-refractivity contribution in [1.29, 1.82) is 0 Å². The number of likely N-dealkylation sites (N-methyl/N-ethyl adjacent to an activating group) is 1. The van der Waals surface area contributed by atoms with Crippen molar-refractivity contribution in [1.82, 2.24) is 19.9 Å². The molecular formula is C25H27N5O3. The molecule has 2 atom stereocenters. The van der Waals surface area contributed by atoms with Gasteiger partial charge in [-0.3, -0.25) is 9.59 Å². The predicted octanol–water partition coefficient (Wildman–Crippen LogP) is 2.60. The van der Waals surface area contributed by atoms with Crippen LogP contribution in [-0.2, 0) is 21.6 Å². The Morgan fingerprint density at radius 1 is 1.15 bits per heavy atom. The highest BCUT2D eigenvalue weighted by Crippen LogP contribution is 2.57. The second-order valence-electron chi connectivity index (χ2n) is 9.29. The van der Waals surface area contributed by atoms with E-state index in [0.29, 0.717) is 12.2 Å². The zero-order valence-electron chi connectivity index (χ0n) is 19.0. The summed E-state index contributed by atoms with van der Waals surface area (Å²) in [5, 5.41) is 17.5. The van der Waals surface area contributed by atoms with E-state index in [1.54, 1.807) is 22.8 Å². The smallest absolute Gasteiger partial charge is 0.240 e. The number of hydrogen-bond donors (Lipinski definition) is 1. The van der Waals surface area contributed by atoms with E-state index in [1.165, 1.54) is 0 Å². The van der Waals surface area contributed by atoms with Crippen molar-refractivity contribution in [3.8, 4) is 5.69 Å². The van der Waals surface area contributed by atoms with Crippen LogP contribution in [0.2, 0.25) is 0 Å². The Labute approximate surface area is 192 Å². The summed E-state index contributed by atoms with van der Waals surface area (Å²) >= 11 is 0. The molecule has 1 saturated heterocycles. The van der Waals surface area contributed by atoms with E-state index >= 15 is 0 Å². The number of hydrogen-bond acceptors (Lipinski definition) is 5. The number of anilines is 1.